The highest BCUT2D eigenvalue weighted by molar-refractivity contribution is 5.94. The molecule has 2 aromatic rings. The number of nitrogens with zero attached hydrogens (tertiary/aromatic N) is 4. The van der Waals surface area contributed by atoms with Crippen LogP contribution < -0.4 is 4.74 Å². The van der Waals surface area contributed by atoms with E-state index < -0.39 is 0 Å². The van der Waals surface area contributed by atoms with Crippen molar-refractivity contribution < 1.29 is 9.53 Å². The van der Waals surface area contributed by atoms with Gasteiger partial charge in [-0.25, -0.2) is 4.98 Å². The van der Waals surface area contributed by atoms with Crippen LogP contribution in [0, 0.1) is 0 Å². The predicted molar refractivity (Wildman–Crippen MR) is 87.6 cm³/mol. The fourth-order valence-corrected chi connectivity index (χ4v) is 2.79. The normalized spacial score (nSPS) is 15.6. The summed E-state index contributed by atoms with van der Waals surface area (Å²) in [7, 11) is 1.61. The molecule has 6 nitrogen and oxygen atoms in total. The van der Waals surface area contributed by atoms with E-state index in [1.807, 2.05) is 35.6 Å². The largest absolute Gasteiger partial charge is 0.497 e. The third-order valence-corrected chi connectivity index (χ3v) is 4.21. The quantitative estimate of drug-likeness (QED) is 0.836. The summed E-state index contributed by atoms with van der Waals surface area (Å²) in [6.07, 6.45) is 5.61. The first kappa shape index (κ1) is 15.6. The summed E-state index contributed by atoms with van der Waals surface area (Å²) >= 11 is 0. The van der Waals surface area contributed by atoms with E-state index in [2.05, 4.69) is 14.5 Å². The van der Waals surface area contributed by atoms with Gasteiger partial charge in [0.2, 0.25) is 0 Å². The highest BCUT2D eigenvalue weighted by atomic mass is 16.5. The van der Waals surface area contributed by atoms with Gasteiger partial charge < -0.3 is 14.2 Å². The van der Waals surface area contributed by atoms with Crippen molar-refractivity contribution in [2.75, 3.05) is 39.8 Å². The first-order valence-electron chi connectivity index (χ1n) is 7.87. The summed E-state index contributed by atoms with van der Waals surface area (Å²) < 4.78 is 7.27. The zero-order chi connectivity index (χ0) is 16.1. The minimum Gasteiger partial charge on any atom is -0.497 e. The number of benzene rings is 1. The van der Waals surface area contributed by atoms with Crippen LogP contribution in [0.2, 0.25) is 0 Å². The molecule has 1 aliphatic heterocycles. The van der Waals surface area contributed by atoms with Crippen LogP contribution in [0.25, 0.3) is 0 Å². The molecular formula is C17H22N4O2. The third-order valence-electron chi connectivity index (χ3n) is 4.21. The van der Waals surface area contributed by atoms with Crippen molar-refractivity contribution in [2.45, 2.75) is 6.54 Å². The smallest absolute Gasteiger partial charge is 0.254 e. The lowest BCUT2D eigenvalue weighted by Crippen LogP contribution is -2.49. The van der Waals surface area contributed by atoms with Crippen molar-refractivity contribution in [3.63, 3.8) is 0 Å². The molecule has 0 unspecified atom stereocenters. The van der Waals surface area contributed by atoms with E-state index in [9.17, 15) is 4.79 Å². The van der Waals surface area contributed by atoms with Crippen LogP contribution in [0.1, 0.15) is 10.4 Å². The van der Waals surface area contributed by atoms with Crippen LogP contribution in [-0.2, 0) is 6.54 Å². The van der Waals surface area contributed by atoms with Crippen molar-refractivity contribution in [3.05, 3.63) is 48.5 Å². The van der Waals surface area contributed by atoms with E-state index in [-0.39, 0.29) is 5.91 Å². The summed E-state index contributed by atoms with van der Waals surface area (Å²) in [5.41, 5.74) is 0.691. The number of carbonyl (C=O) groups is 1. The minimum absolute atomic E-state index is 0.0816. The molecule has 1 aromatic carbocycles. The van der Waals surface area contributed by atoms with Crippen molar-refractivity contribution >= 4 is 5.91 Å². The second-order valence-electron chi connectivity index (χ2n) is 5.67. The lowest BCUT2D eigenvalue weighted by atomic mass is 10.1. The molecule has 0 radical (unpaired) electrons. The third kappa shape index (κ3) is 3.90. The van der Waals surface area contributed by atoms with Gasteiger partial charge >= 0.3 is 0 Å². The van der Waals surface area contributed by atoms with E-state index in [1.54, 1.807) is 19.4 Å². The monoisotopic (exact) mass is 314 g/mol. The van der Waals surface area contributed by atoms with Crippen LogP contribution in [0.3, 0.4) is 0 Å². The Morgan fingerprint density at radius 1 is 1.22 bits per heavy atom. The van der Waals surface area contributed by atoms with Crippen LogP contribution in [0.15, 0.2) is 43.0 Å². The maximum absolute atomic E-state index is 12.6. The standard InChI is InChI=1S/C17H22N4O2/c1-23-16-4-2-3-15(13-16)17(22)21-11-9-19(10-12-21)7-8-20-6-5-18-14-20/h2-6,13-14H,7-12H2,1H3. The molecule has 1 saturated heterocycles. The molecule has 23 heavy (non-hydrogen) atoms. The van der Waals surface area contributed by atoms with E-state index in [4.69, 9.17) is 4.74 Å². The van der Waals surface area contributed by atoms with Gasteiger partial charge in [-0.05, 0) is 18.2 Å². The van der Waals surface area contributed by atoms with Gasteiger partial charge in [-0.1, -0.05) is 6.07 Å². The first-order chi connectivity index (χ1) is 11.3. The van der Waals surface area contributed by atoms with Crippen molar-refractivity contribution in [3.8, 4) is 5.75 Å². The number of aromatic nitrogens is 2. The Labute approximate surface area is 136 Å². The molecule has 0 N–H and O–H groups in total. The number of carbonyl (C=O) groups excluding carboxylic acids is 1. The maximum atomic E-state index is 12.6. The van der Waals surface area contributed by atoms with Crippen molar-refractivity contribution in [1.29, 1.82) is 0 Å². The molecular weight excluding hydrogens is 292 g/mol. The second kappa shape index (κ2) is 7.28. The molecule has 1 amide bonds. The highest BCUT2D eigenvalue weighted by Crippen LogP contribution is 2.15. The molecule has 1 fully saturated rings. The number of hydrogen-bond acceptors (Lipinski definition) is 4. The average molecular weight is 314 g/mol. The molecule has 0 aliphatic carbocycles. The van der Waals surface area contributed by atoms with Gasteiger partial charge in [-0.2, -0.15) is 0 Å². The molecule has 1 aromatic heterocycles. The molecule has 0 spiro atoms. The van der Waals surface area contributed by atoms with Gasteiger partial charge in [-0.15, -0.1) is 0 Å². The summed E-state index contributed by atoms with van der Waals surface area (Å²) in [5.74, 6) is 0.799. The van der Waals surface area contributed by atoms with Gasteiger partial charge in [0.15, 0.2) is 0 Å². The molecule has 0 saturated carbocycles. The lowest BCUT2D eigenvalue weighted by molar-refractivity contribution is 0.0633. The highest BCUT2D eigenvalue weighted by Gasteiger charge is 2.22. The molecule has 0 atom stereocenters. The number of imidazole rings is 1. The van der Waals surface area contributed by atoms with Crippen LogP contribution >= 0.6 is 0 Å². The Bertz CT molecular complexity index is 634. The Balaban J connectivity index is 1.50. The summed E-state index contributed by atoms with van der Waals surface area (Å²) in [6, 6.07) is 7.35. The van der Waals surface area contributed by atoms with Crippen LogP contribution in [0.4, 0.5) is 0 Å². The number of hydrogen-bond donors (Lipinski definition) is 0. The van der Waals surface area contributed by atoms with Crippen LogP contribution in [0.5, 0.6) is 5.75 Å². The minimum atomic E-state index is 0.0816. The Morgan fingerprint density at radius 3 is 2.74 bits per heavy atom. The zero-order valence-corrected chi connectivity index (χ0v) is 13.4. The molecule has 3 rings (SSSR count). The maximum Gasteiger partial charge on any atom is 0.254 e. The van der Waals surface area contributed by atoms with Gasteiger partial charge in [0.05, 0.1) is 13.4 Å². The van der Waals surface area contributed by atoms with E-state index in [0.717, 1.165) is 45.0 Å². The van der Waals surface area contributed by atoms with Crippen LogP contribution in [-0.4, -0.2) is 65.1 Å². The zero-order valence-electron chi connectivity index (χ0n) is 13.4. The molecule has 122 valence electrons. The molecule has 0 bridgehead atoms. The fourth-order valence-electron chi connectivity index (χ4n) is 2.79. The Kier molecular flexibility index (Phi) is 4.92. The van der Waals surface area contributed by atoms with Gasteiger partial charge in [0.1, 0.15) is 5.75 Å². The summed E-state index contributed by atoms with van der Waals surface area (Å²) in [6.45, 7) is 5.26. The summed E-state index contributed by atoms with van der Waals surface area (Å²) in [5, 5.41) is 0. The van der Waals surface area contributed by atoms with Crippen molar-refractivity contribution in [1.82, 2.24) is 19.4 Å². The van der Waals surface area contributed by atoms with Gasteiger partial charge in [0.25, 0.3) is 5.91 Å². The van der Waals surface area contributed by atoms with E-state index in [1.165, 1.54) is 0 Å². The Morgan fingerprint density at radius 2 is 2.04 bits per heavy atom. The number of piperazine rings is 1. The SMILES string of the molecule is COc1cccc(C(=O)N2CCN(CCn3ccnc3)CC2)c1. The number of ether oxygens (including phenoxy) is 1. The number of rotatable bonds is 5. The van der Waals surface area contributed by atoms with E-state index >= 15 is 0 Å². The predicted octanol–water partition coefficient (Wildman–Crippen LogP) is 1.35. The second-order valence-corrected chi connectivity index (χ2v) is 5.67. The Hall–Kier alpha value is -2.34. The average Bonchev–Trinajstić information content (AvgIpc) is 3.13. The number of methoxy groups -OCH3 is 1. The van der Waals surface area contributed by atoms with Gasteiger partial charge in [-0.3, -0.25) is 9.69 Å². The molecule has 2 heterocycles. The number of amides is 1. The van der Waals surface area contributed by atoms with E-state index in [0.29, 0.717) is 5.56 Å². The fraction of sp³-hybridized carbons (Fsp3) is 0.412. The first-order valence-corrected chi connectivity index (χ1v) is 7.87. The lowest BCUT2D eigenvalue weighted by Gasteiger charge is -2.34. The summed E-state index contributed by atoms with van der Waals surface area (Å²) in [4.78, 5) is 20.9. The van der Waals surface area contributed by atoms with Crippen molar-refractivity contribution in [2.24, 2.45) is 0 Å². The van der Waals surface area contributed by atoms with Gasteiger partial charge in [0, 0.05) is 57.2 Å². The molecule has 1 aliphatic rings. The molecule has 6 heteroatoms. The topological polar surface area (TPSA) is 50.6 Å².